The van der Waals surface area contributed by atoms with Gasteiger partial charge in [-0.2, -0.15) is 0 Å². The molecule has 0 radical (unpaired) electrons. The molecule has 0 saturated heterocycles. The fourth-order valence-corrected chi connectivity index (χ4v) is 3.87. The molecule has 0 spiro atoms. The van der Waals surface area contributed by atoms with Gasteiger partial charge in [-0.25, -0.2) is 12.7 Å². The topological polar surface area (TPSA) is 97.4 Å². The van der Waals surface area contributed by atoms with Crippen molar-refractivity contribution in [3.05, 3.63) is 35.0 Å². The molecule has 0 bridgehead atoms. The van der Waals surface area contributed by atoms with E-state index < -0.39 is 15.6 Å². The van der Waals surface area contributed by atoms with Gasteiger partial charge in [0.15, 0.2) is 0 Å². The highest BCUT2D eigenvalue weighted by molar-refractivity contribution is 7.89. The van der Waals surface area contributed by atoms with E-state index in [2.05, 4.69) is 10.5 Å². The summed E-state index contributed by atoms with van der Waals surface area (Å²) >= 11 is 0. The summed E-state index contributed by atoms with van der Waals surface area (Å²) < 4.78 is 32.3. The zero-order chi connectivity index (χ0) is 19.2. The highest BCUT2D eigenvalue weighted by atomic mass is 32.2. The first-order valence-electron chi connectivity index (χ1n) is 7.72. The third kappa shape index (κ3) is 3.47. The molecular weight excluding hydrogens is 344 g/mol. The number of rotatable bonds is 5. The summed E-state index contributed by atoms with van der Waals surface area (Å²) in [6.45, 7) is 7.28. The van der Waals surface area contributed by atoms with Crippen LogP contribution < -0.4 is 5.32 Å². The Morgan fingerprint density at radius 1 is 1.32 bits per heavy atom. The summed E-state index contributed by atoms with van der Waals surface area (Å²) in [4.78, 5) is 12.8. The van der Waals surface area contributed by atoms with Crippen LogP contribution in [0.15, 0.2) is 21.7 Å². The Morgan fingerprint density at radius 2 is 1.92 bits per heavy atom. The van der Waals surface area contributed by atoms with E-state index in [9.17, 15) is 13.2 Å². The Labute approximate surface area is 147 Å². The van der Waals surface area contributed by atoms with Crippen LogP contribution in [0.4, 0.5) is 0 Å². The number of hydrogen-bond acceptors (Lipinski definition) is 5. The van der Waals surface area contributed by atoms with Crippen LogP contribution in [0.3, 0.4) is 0 Å². The SMILES string of the molecule is Cc1noc(C)c1C(C)(C)NC(=O)c1cc(S(=O)(=O)N(C)C)cn1C. The largest absolute Gasteiger partial charge is 0.361 e. The van der Waals surface area contributed by atoms with E-state index in [0.717, 1.165) is 9.87 Å². The van der Waals surface area contributed by atoms with Crippen molar-refractivity contribution in [2.24, 2.45) is 7.05 Å². The summed E-state index contributed by atoms with van der Waals surface area (Å²) in [5, 5.41) is 6.84. The van der Waals surface area contributed by atoms with Gasteiger partial charge in [-0.3, -0.25) is 4.79 Å². The normalized spacial score (nSPS) is 12.6. The summed E-state index contributed by atoms with van der Waals surface area (Å²) in [5.41, 5.74) is 1.03. The van der Waals surface area contributed by atoms with Gasteiger partial charge >= 0.3 is 0 Å². The van der Waals surface area contributed by atoms with Gasteiger partial charge in [-0.1, -0.05) is 5.16 Å². The number of nitrogens with one attached hydrogen (secondary N) is 1. The number of nitrogens with zero attached hydrogens (tertiary/aromatic N) is 3. The second kappa shape index (κ2) is 6.30. The van der Waals surface area contributed by atoms with Crippen molar-refractivity contribution in [3.8, 4) is 0 Å². The van der Waals surface area contributed by atoms with Gasteiger partial charge in [-0.05, 0) is 33.8 Å². The second-order valence-electron chi connectivity index (χ2n) is 6.74. The van der Waals surface area contributed by atoms with Crippen molar-refractivity contribution in [2.45, 2.75) is 38.1 Å². The Morgan fingerprint density at radius 3 is 2.40 bits per heavy atom. The van der Waals surface area contributed by atoms with Crippen LogP contribution in [0, 0.1) is 13.8 Å². The molecule has 2 heterocycles. The minimum atomic E-state index is -3.60. The van der Waals surface area contributed by atoms with E-state index in [-0.39, 0.29) is 16.5 Å². The van der Waals surface area contributed by atoms with E-state index in [1.807, 2.05) is 20.8 Å². The van der Waals surface area contributed by atoms with Gasteiger partial charge in [0, 0.05) is 32.9 Å². The first-order chi connectivity index (χ1) is 11.4. The standard InChI is InChI=1S/C16H24N4O4S/c1-10-14(11(2)24-18-10)16(3,4)17-15(21)13-8-12(9-20(13)7)25(22,23)19(5)6/h8-9H,1-7H3,(H,17,21). The third-order valence-corrected chi connectivity index (χ3v) is 5.86. The number of carbonyl (C=O) groups is 1. The molecule has 0 aliphatic rings. The summed E-state index contributed by atoms with van der Waals surface area (Å²) in [6.07, 6.45) is 1.42. The fourth-order valence-electron chi connectivity index (χ4n) is 2.90. The molecule has 1 amide bonds. The Hall–Kier alpha value is -2.13. The number of aryl methyl sites for hydroxylation is 3. The van der Waals surface area contributed by atoms with Gasteiger partial charge in [0.1, 0.15) is 16.3 Å². The molecule has 0 atom stereocenters. The van der Waals surface area contributed by atoms with Gasteiger partial charge in [0.2, 0.25) is 10.0 Å². The molecule has 138 valence electrons. The van der Waals surface area contributed by atoms with Crippen LogP contribution in [-0.4, -0.2) is 42.4 Å². The molecule has 0 aliphatic heterocycles. The molecule has 2 aromatic heterocycles. The van der Waals surface area contributed by atoms with Gasteiger partial charge in [0.05, 0.1) is 11.2 Å². The summed E-state index contributed by atoms with van der Waals surface area (Å²) in [6, 6.07) is 1.37. The lowest BCUT2D eigenvalue weighted by atomic mass is 9.92. The lowest BCUT2D eigenvalue weighted by molar-refractivity contribution is 0.0903. The van der Waals surface area contributed by atoms with Crippen molar-refractivity contribution >= 4 is 15.9 Å². The zero-order valence-corrected chi connectivity index (χ0v) is 16.4. The predicted molar refractivity (Wildman–Crippen MR) is 92.8 cm³/mol. The summed E-state index contributed by atoms with van der Waals surface area (Å²) in [7, 11) is 0.921. The number of amides is 1. The van der Waals surface area contributed by atoms with Crippen molar-refractivity contribution in [1.82, 2.24) is 19.3 Å². The molecule has 0 saturated carbocycles. The predicted octanol–water partition coefficient (Wildman–Crippen LogP) is 1.55. The van der Waals surface area contributed by atoms with E-state index in [0.29, 0.717) is 11.5 Å². The van der Waals surface area contributed by atoms with Crippen molar-refractivity contribution in [3.63, 3.8) is 0 Å². The highest BCUT2D eigenvalue weighted by Crippen LogP contribution is 2.27. The molecule has 0 fully saturated rings. The molecule has 2 rings (SSSR count). The van der Waals surface area contributed by atoms with Crippen LogP contribution >= 0.6 is 0 Å². The van der Waals surface area contributed by atoms with Crippen LogP contribution in [0.1, 0.15) is 41.4 Å². The van der Waals surface area contributed by atoms with E-state index >= 15 is 0 Å². The van der Waals surface area contributed by atoms with E-state index in [4.69, 9.17) is 4.52 Å². The first kappa shape index (κ1) is 19.2. The van der Waals surface area contributed by atoms with E-state index in [1.54, 1.807) is 14.0 Å². The van der Waals surface area contributed by atoms with Crippen LogP contribution in [-0.2, 0) is 22.6 Å². The van der Waals surface area contributed by atoms with Crippen LogP contribution in [0.25, 0.3) is 0 Å². The molecule has 8 nitrogen and oxygen atoms in total. The molecule has 0 aromatic carbocycles. The fraction of sp³-hybridized carbons (Fsp3) is 0.500. The van der Waals surface area contributed by atoms with Crippen molar-refractivity contribution in [1.29, 1.82) is 0 Å². The third-order valence-electron chi connectivity index (χ3n) is 4.08. The number of aromatic nitrogens is 2. The monoisotopic (exact) mass is 368 g/mol. The highest BCUT2D eigenvalue weighted by Gasteiger charge is 2.31. The first-order valence-corrected chi connectivity index (χ1v) is 9.16. The maximum absolute atomic E-state index is 12.7. The Balaban J connectivity index is 2.35. The second-order valence-corrected chi connectivity index (χ2v) is 8.89. The zero-order valence-electron chi connectivity index (χ0n) is 15.5. The van der Waals surface area contributed by atoms with Gasteiger partial charge < -0.3 is 14.4 Å². The van der Waals surface area contributed by atoms with Crippen molar-refractivity contribution in [2.75, 3.05) is 14.1 Å². The van der Waals surface area contributed by atoms with E-state index in [1.165, 1.54) is 30.9 Å². The molecule has 9 heteroatoms. The molecule has 2 aromatic rings. The molecule has 1 N–H and O–H groups in total. The molecule has 0 aliphatic carbocycles. The number of hydrogen-bond donors (Lipinski definition) is 1. The Bertz CT molecular complexity index is 887. The maximum atomic E-state index is 12.7. The maximum Gasteiger partial charge on any atom is 0.268 e. The molecule has 25 heavy (non-hydrogen) atoms. The lowest BCUT2D eigenvalue weighted by Crippen LogP contribution is -2.42. The van der Waals surface area contributed by atoms with Crippen LogP contribution in [0.2, 0.25) is 0 Å². The molecular formula is C16H24N4O4S. The van der Waals surface area contributed by atoms with Gasteiger partial charge in [0.25, 0.3) is 5.91 Å². The van der Waals surface area contributed by atoms with Crippen molar-refractivity contribution < 1.29 is 17.7 Å². The minimum absolute atomic E-state index is 0.0697. The lowest BCUT2D eigenvalue weighted by Gasteiger charge is -2.26. The quantitative estimate of drug-likeness (QED) is 0.863. The average Bonchev–Trinajstić information content (AvgIpc) is 3.01. The summed E-state index contributed by atoms with van der Waals surface area (Å²) in [5.74, 6) is 0.248. The average molecular weight is 368 g/mol. The van der Waals surface area contributed by atoms with Crippen LogP contribution in [0.5, 0.6) is 0 Å². The smallest absolute Gasteiger partial charge is 0.268 e. The molecule has 0 unspecified atom stereocenters. The minimum Gasteiger partial charge on any atom is -0.361 e. The number of sulfonamides is 1. The number of carbonyl (C=O) groups excluding carboxylic acids is 1. The van der Waals surface area contributed by atoms with Gasteiger partial charge in [-0.15, -0.1) is 0 Å². The Kier molecular flexibility index (Phi) is 4.84.